The van der Waals surface area contributed by atoms with Gasteiger partial charge in [0.2, 0.25) is 0 Å². The minimum Gasteiger partial charge on any atom is -0.445 e. The van der Waals surface area contributed by atoms with E-state index in [4.69, 9.17) is 23.7 Å². The fraction of sp³-hybridized carbons (Fsp3) is 0.735. The number of carbonyl (C=O) groups excluding carboxylic acids is 3. The molecule has 4 aliphatic rings. The molecule has 258 valence electrons. The van der Waals surface area contributed by atoms with Crippen LogP contribution in [0.2, 0.25) is 0 Å². The maximum absolute atomic E-state index is 12.2. The normalized spacial score (nSPS) is 20.2. The number of piperidine rings is 2. The molecular weight excluding hydrogens is 592 g/mol. The van der Waals surface area contributed by atoms with Crippen LogP contribution in [0.15, 0.2) is 30.3 Å². The minimum absolute atomic E-state index is 0.0501. The van der Waals surface area contributed by atoms with Crippen molar-refractivity contribution in [2.45, 2.75) is 109 Å². The molecule has 4 fully saturated rings. The lowest BCUT2D eigenvalue weighted by atomic mass is 10.1. The summed E-state index contributed by atoms with van der Waals surface area (Å²) in [5.74, 6) is 0. The first-order chi connectivity index (χ1) is 21.7. The number of rotatable bonds is 6. The van der Waals surface area contributed by atoms with Gasteiger partial charge in [-0.05, 0) is 85.9 Å². The second kappa shape index (κ2) is 16.1. The van der Waals surface area contributed by atoms with E-state index < -0.39 is 11.2 Å². The van der Waals surface area contributed by atoms with E-state index in [9.17, 15) is 14.4 Å². The van der Waals surface area contributed by atoms with Gasteiger partial charge < -0.3 is 43.7 Å². The third-order valence-electron chi connectivity index (χ3n) is 7.96. The Morgan fingerprint density at radius 3 is 1.57 bits per heavy atom. The summed E-state index contributed by atoms with van der Waals surface area (Å²) in [6.45, 7) is 17.3. The van der Waals surface area contributed by atoms with E-state index in [1.165, 1.54) is 0 Å². The lowest BCUT2D eigenvalue weighted by molar-refractivity contribution is -0.105. The van der Waals surface area contributed by atoms with Crippen LogP contribution in [0.25, 0.3) is 0 Å². The van der Waals surface area contributed by atoms with Gasteiger partial charge in [0.1, 0.15) is 17.8 Å². The number of nitrogens with zero attached hydrogens (tertiary/aromatic N) is 3. The molecule has 4 saturated heterocycles. The van der Waals surface area contributed by atoms with E-state index in [1.807, 2.05) is 71.9 Å². The van der Waals surface area contributed by atoms with Crippen molar-refractivity contribution in [1.29, 1.82) is 0 Å². The molecule has 0 unspecified atom stereocenters. The standard InChI is InChI=1S/C21H30N2O5.C13H24N2O3/c1-21(2,3)28-20(25)23-13-18(14-23)27-17-9-11-22(12-10-17)19(24)26-15-16-7-5-4-6-8-16;1-13(2,3)18-12(16)15-8-11(9-15)17-10-4-6-14-7-5-10/h4-8,17-18H,9-15H2,1-3H3;10-11,14H,4-9H2,1-3H3. The third kappa shape index (κ3) is 11.9. The molecule has 0 bridgehead atoms. The lowest BCUT2D eigenvalue weighted by Crippen LogP contribution is -2.57. The quantitative estimate of drug-likeness (QED) is 0.435. The van der Waals surface area contributed by atoms with E-state index >= 15 is 0 Å². The summed E-state index contributed by atoms with van der Waals surface area (Å²) >= 11 is 0. The van der Waals surface area contributed by atoms with Gasteiger partial charge in [-0.15, -0.1) is 0 Å². The monoisotopic (exact) mass is 646 g/mol. The summed E-state index contributed by atoms with van der Waals surface area (Å²) in [6, 6.07) is 9.66. The van der Waals surface area contributed by atoms with E-state index in [-0.39, 0.29) is 36.6 Å². The molecule has 0 spiro atoms. The number of nitrogens with one attached hydrogen (secondary N) is 1. The van der Waals surface area contributed by atoms with Gasteiger partial charge in [0.25, 0.3) is 0 Å². The Morgan fingerprint density at radius 1 is 0.652 bits per heavy atom. The number of hydrogen-bond acceptors (Lipinski definition) is 9. The van der Waals surface area contributed by atoms with Crippen molar-refractivity contribution in [1.82, 2.24) is 20.0 Å². The zero-order valence-corrected chi connectivity index (χ0v) is 28.5. The molecule has 0 aliphatic carbocycles. The zero-order chi connectivity index (χ0) is 33.3. The maximum Gasteiger partial charge on any atom is 0.410 e. The number of hydrogen-bond donors (Lipinski definition) is 1. The van der Waals surface area contributed by atoms with Crippen LogP contribution in [0.4, 0.5) is 14.4 Å². The summed E-state index contributed by atoms with van der Waals surface area (Å²) < 4.78 is 28.0. The van der Waals surface area contributed by atoms with E-state index in [2.05, 4.69) is 5.32 Å². The number of benzene rings is 1. The molecule has 3 amide bonds. The molecule has 1 aromatic carbocycles. The number of carbonyl (C=O) groups is 3. The average Bonchev–Trinajstić information content (AvgIpc) is 2.95. The Hall–Kier alpha value is -3.09. The summed E-state index contributed by atoms with van der Waals surface area (Å²) in [5, 5.41) is 3.31. The van der Waals surface area contributed by atoms with Crippen molar-refractivity contribution < 1.29 is 38.1 Å². The molecule has 46 heavy (non-hydrogen) atoms. The van der Waals surface area contributed by atoms with Crippen LogP contribution >= 0.6 is 0 Å². The van der Waals surface area contributed by atoms with Gasteiger partial charge in [-0.3, -0.25) is 0 Å². The first kappa shape index (κ1) is 35.8. The number of ether oxygens (including phenoxy) is 5. The minimum atomic E-state index is -0.481. The van der Waals surface area contributed by atoms with Gasteiger partial charge in [-0.2, -0.15) is 0 Å². The smallest absolute Gasteiger partial charge is 0.410 e. The SMILES string of the molecule is CC(C)(C)OC(=O)N1CC(OC2CCN(C(=O)OCc3ccccc3)CC2)C1.CC(C)(C)OC(=O)N1CC(OC2CCNCC2)C1. The van der Waals surface area contributed by atoms with Crippen LogP contribution in [0.1, 0.15) is 72.8 Å². The molecule has 4 aliphatic heterocycles. The highest BCUT2D eigenvalue weighted by Gasteiger charge is 2.37. The number of amides is 3. The van der Waals surface area contributed by atoms with Crippen LogP contribution < -0.4 is 5.32 Å². The fourth-order valence-corrected chi connectivity index (χ4v) is 5.46. The van der Waals surface area contributed by atoms with Crippen LogP contribution in [0.3, 0.4) is 0 Å². The van der Waals surface area contributed by atoms with Crippen molar-refractivity contribution in [2.24, 2.45) is 0 Å². The Balaban J connectivity index is 0.000000230. The Bertz CT molecular complexity index is 1110. The van der Waals surface area contributed by atoms with Gasteiger partial charge in [0.05, 0.1) is 50.6 Å². The van der Waals surface area contributed by atoms with Crippen LogP contribution in [0, 0.1) is 0 Å². The van der Waals surface area contributed by atoms with E-state index in [1.54, 1.807) is 14.7 Å². The molecule has 12 heteroatoms. The van der Waals surface area contributed by atoms with Crippen LogP contribution in [0.5, 0.6) is 0 Å². The average molecular weight is 647 g/mol. The van der Waals surface area contributed by atoms with Gasteiger partial charge in [0.15, 0.2) is 0 Å². The number of likely N-dealkylation sites (tertiary alicyclic amines) is 3. The Kier molecular flexibility index (Phi) is 12.6. The molecule has 4 heterocycles. The zero-order valence-electron chi connectivity index (χ0n) is 28.5. The predicted octanol–water partition coefficient (Wildman–Crippen LogP) is 4.80. The second-order valence-corrected chi connectivity index (χ2v) is 14.5. The molecule has 1 N–H and O–H groups in total. The summed E-state index contributed by atoms with van der Waals surface area (Å²) in [6.07, 6.45) is 3.63. The first-order valence-corrected chi connectivity index (χ1v) is 16.7. The highest BCUT2D eigenvalue weighted by atomic mass is 16.6. The Morgan fingerprint density at radius 2 is 1.11 bits per heavy atom. The highest BCUT2D eigenvalue weighted by Crippen LogP contribution is 2.23. The van der Waals surface area contributed by atoms with Crippen molar-refractivity contribution in [3.63, 3.8) is 0 Å². The van der Waals surface area contributed by atoms with Crippen molar-refractivity contribution in [3.8, 4) is 0 Å². The molecule has 0 radical (unpaired) electrons. The molecule has 1 aromatic rings. The van der Waals surface area contributed by atoms with Crippen molar-refractivity contribution >= 4 is 18.3 Å². The summed E-state index contributed by atoms with van der Waals surface area (Å²) in [5.41, 5.74) is 0.0804. The van der Waals surface area contributed by atoms with E-state index in [0.29, 0.717) is 52.0 Å². The Labute approximate surface area is 274 Å². The lowest BCUT2D eigenvalue weighted by Gasteiger charge is -2.42. The van der Waals surface area contributed by atoms with Gasteiger partial charge in [-0.1, -0.05) is 30.3 Å². The van der Waals surface area contributed by atoms with Crippen molar-refractivity contribution in [2.75, 3.05) is 52.4 Å². The van der Waals surface area contributed by atoms with Crippen LogP contribution in [-0.2, 0) is 30.3 Å². The summed E-state index contributed by atoms with van der Waals surface area (Å²) in [7, 11) is 0. The van der Waals surface area contributed by atoms with Gasteiger partial charge in [0, 0.05) is 13.1 Å². The predicted molar refractivity (Wildman–Crippen MR) is 172 cm³/mol. The van der Waals surface area contributed by atoms with Gasteiger partial charge >= 0.3 is 18.3 Å². The fourth-order valence-electron chi connectivity index (χ4n) is 5.46. The third-order valence-corrected chi connectivity index (χ3v) is 7.96. The summed E-state index contributed by atoms with van der Waals surface area (Å²) in [4.78, 5) is 41.0. The molecule has 12 nitrogen and oxygen atoms in total. The van der Waals surface area contributed by atoms with Crippen LogP contribution in [-0.4, -0.2) is 121 Å². The molecule has 0 aromatic heterocycles. The first-order valence-electron chi connectivity index (χ1n) is 16.7. The molecule has 0 atom stereocenters. The molecule has 5 rings (SSSR count). The molecule has 0 saturated carbocycles. The van der Waals surface area contributed by atoms with Gasteiger partial charge in [-0.25, -0.2) is 14.4 Å². The second-order valence-electron chi connectivity index (χ2n) is 14.5. The van der Waals surface area contributed by atoms with Crippen molar-refractivity contribution in [3.05, 3.63) is 35.9 Å². The topological polar surface area (TPSA) is 119 Å². The highest BCUT2D eigenvalue weighted by molar-refractivity contribution is 5.70. The molecular formula is C34H54N4O8. The van der Waals surface area contributed by atoms with E-state index in [0.717, 1.165) is 44.3 Å². The maximum atomic E-state index is 12.2. The largest absolute Gasteiger partial charge is 0.445 e.